The molecule has 7 nitrogen and oxygen atoms in total. The van der Waals surface area contributed by atoms with E-state index in [1.807, 2.05) is 81.4 Å². The molecule has 0 fully saturated rings. The van der Waals surface area contributed by atoms with Crippen LogP contribution in [-0.4, -0.2) is 21.6 Å². The Balaban J connectivity index is 1.55. The van der Waals surface area contributed by atoms with E-state index in [0.29, 0.717) is 33.4 Å². The first kappa shape index (κ1) is 24.3. The molecule has 1 aliphatic heterocycles. The van der Waals surface area contributed by atoms with Crippen molar-refractivity contribution in [3.8, 4) is 0 Å². The molecule has 0 saturated carbocycles. The average Bonchev–Trinajstić information content (AvgIpc) is 3.29. The normalized spacial score (nSPS) is 14.5. The number of rotatable bonds is 5. The Bertz CT molecular complexity index is 1520. The molecule has 5 rings (SSSR count). The number of halogens is 1. The predicted molar refractivity (Wildman–Crippen MR) is 147 cm³/mol. The minimum atomic E-state index is -0.572. The number of benzene rings is 3. The van der Waals surface area contributed by atoms with Crippen LogP contribution in [0.1, 0.15) is 40.0 Å². The number of hydrogen-bond donors (Lipinski definition) is 3. The van der Waals surface area contributed by atoms with E-state index in [2.05, 4.69) is 21.0 Å². The SMILES string of the molecule is CC1=C(C(=O)Nc2ccc(C)cc2C)C(c2ccc(Cl)cc2)n2ncc(C(=O)Nc3ccccc3)c2N1. The summed E-state index contributed by atoms with van der Waals surface area (Å²) in [5, 5.41) is 14.4. The second kappa shape index (κ2) is 9.95. The van der Waals surface area contributed by atoms with Crippen LogP contribution in [0.2, 0.25) is 5.02 Å². The molecular weight excluding hydrogens is 486 g/mol. The van der Waals surface area contributed by atoms with Crippen LogP contribution >= 0.6 is 11.6 Å². The molecule has 0 aliphatic carbocycles. The molecule has 2 amide bonds. The van der Waals surface area contributed by atoms with Gasteiger partial charge in [0.1, 0.15) is 17.4 Å². The number of hydrogen-bond acceptors (Lipinski definition) is 4. The van der Waals surface area contributed by atoms with Gasteiger partial charge in [-0.15, -0.1) is 0 Å². The summed E-state index contributed by atoms with van der Waals surface area (Å²) < 4.78 is 1.67. The Labute approximate surface area is 220 Å². The molecule has 1 aliphatic rings. The van der Waals surface area contributed by atoms with Crippen LogP contribution < -0.4 is 16.0 Å². The third kappa shape index (κ3) is 4.86. The van der Waals surface area contributed by atoms with Gasteiger partial charge in [-0.3, -0.25) is 9.59 Å². The second-order valence-corrected chi connectivity index (χ2v) is 9.50. The number of carbonyl (C=O) groups is 2. The van der Waals surface area contributed by atoms with Crippen LogP contribution in [0, 0.1) is 13.8 Å². The molecule has 8 heteroatoms. The summed E-state index contributed by atoms with van der Waals surface area (Å²) in [5.74, 6) is -0.0481. The van der Waals surface area contributed by atoms with Gasteiger partial charge in [0.25, 0.3) is 11.8 Å². The smallest absolute Gasteiger partial charge is 0.261 e. The van der Waals surface area contributed by atoms with E-state index in [4.69, 9.17) is 11.6 Å². The fourth-order valence-corrected chi connectivity index (χ4v) is 4.66. The lowest BCUT2D eigenvalue weighted by molar-refractivity contribution is -0.113. The highest BCUT2D eigenvalue weighted by Crippen LogP contribution is 2.38. The molecule has 37 heavy (non-hydrogen) atoms. The Hall–Kier alpha value is -4.36. The maximum Gasteiger partial charge on any atom is 0.261 e. The molecule has 0 spiro atoms. The maximum absolute atomic E-state index is 13.7. The number of carbonyl (C=O) groups excluding carboxylic acids is 2. The summed E-state index contributed by atoms with van der Waals surface area (Å²) in [6.07, 6.45) is 1.52. The van der Waals surface area contributed by atoms with E-state index in [9.17, 15) is 9.59 Å². The molecule has 0 bridgehead atoms. The lowest BCUT2D eigenvalue weighted by Crippen LogP contribution is -2.32. The largest absolute Gasteiger partial charge is 0.343 e. The summed E-state index contributed by atoms with van der Waals surface area (Å²) in [6.45, 7) is 5.80. The van der Waals surface area contributed by atoms with Crippen molar-refractivity contribution in [3.05, 3.63) is 118 Å². The summed E-state index contributed by atoms with van der Waals surface area (Å²) in [7, 11) is 0. The molecular formula is C29H26ClN5O2. The van der Waals surface area contributed by atoms with Gasteiger partial charge in [0.2, 0.25) is 0 Å². The fourth-order valence-electron chi connectivity index (χ4n) is 4.53. The van der Waals surface area contributed by atoms with Crippen LogP contribution in [0.3, 0.4) is 0 Å². The van der Waals surface area contributed by atoms with Gasteiger partial charge in [0, 0.05) is 22.1 Å². The van der Waals surface area contributed by atoms with Crippen molar-refractivity contribution in [3.63, 3.8) is 0 Å². The van der Waals surface area contributed by atoms with Crippen molar-refractivity contribution < 1.29 is 9.59 Å². The minimum absolute atomic E-state index is 0.256. The Morgan fingerprint density at radius 1 is 0.919 bits per heavy atom. The van der Waals surface area contributed by atoms with E-state index in [1.165, 1.54) is 6.20 Å². The summed E-state index contributed by atoms with van der Waals surface area (Å²) in [5.41, 5.74) is 5.81. The average molecular weight is 512 g/mol. The molecule has 4 aromatic rings. The van der Waals surface area contributed by atoms with Crippen LogP contribution in [0.5, 0.6) is 0 Å². The lowest BCUT2D eigenvalue weighted by Gasteiger charge is -2.30. The van der Waals surface area contributed by atoms with Crippen LogP contribution in [0.4, 0.5) is 17.2 Å². The quantitative estimate of drug-likeness (QED) is 0.292. The minimum Gasteiger partial charge on any atom is -0.343 e. The van der Waals surface area contributed by atoms with E-state index in [1.54, 1.807) is 16.8 Å². The maximum atomic E-state index is 13.7. The van der Waals surface area contributed by atoms with Gasteiger partial charge in [-0.2, -0.15) is 5.10 Å². The van der Waals surface area contributed by atoms with Crippen molar-refractivity contribution in [1.29, 1.82) is 0 Å². The van der Waals surface area contributed by atoms with E-state index in [0.717, 1.165) is 22.4 Å². The van der Waals surface area contributed by atoms with E-state index in [-0.39, 0.29) is 11.8 Å². The molecule has 3 N–H and O–H groups in total. The van der Waals surface area contributed by atoms with Crippen LogP contribution in [0.25, 0.3) is 0 Å². The van der Waals surface area contributed by atoms with Crippen molar-refractivity contribution in [1.82, 2.24) is 9.78 Å². The molecule has 2 heterocycles. The standard InChI is InChI=1S/C29H26ClN5O2/c1-17-9-14-24(18(2)15-17)34-29(37)25-19(3)32-27-23(28(36)33-22-7-5-4-6-8-22)16-31-35(27)26(25)20-10-12-21(30)13-11-20/h4-16,26,32H,1-3H3,(H,33,36)(H,34,37). The summed E-state index contributed by atoms with van der Waals surface area (Å²) in [4.78, 5) is 26.8. The molecule has 0 saturated heterocycles. The third-order valence-corrected chi connectivity index (χ3v) is 6.61. The number of amides is 2. The summed E-state index contributed by atoms with van der Waals surface area (Å²) in [6, 6.07) is 21.8. The fraction of sp³-hybridized carbons (Fsp3) is 0.138. The Morgan fingerprint density at radius 3 is 2.35 bits per heavy atom. The Morgan fingerprint density at radius 2 is 1.65 bits per heavy atom. The van der Waals surface area contributed by atoms with Gasteiger partial charge >= 0.3 is 0 Å². The van der Waals surface area contributed by atoms with Crippen molar-refractivity contribution in [2.45, 2.75) is 26.8 Å². The van der Waals surface area contributed by atoms with Crippen LogP contribution in [-0.2, 0) is 4.79 Å². The van der Waals surface area contributed by atoms with Gasteiger partial charge in [0.15, 0.2) is 0 Å². The zero-order valence-corrected chi connectivity index (χ0v) is 21.4. The molecule has 186 valence electrons. The number of fused-ring (bicyclic) bond motifs is 1. The number of nitrogens with one attached hydrogen (secondary N) is 3. The first-order chi connectivity index (χ1) is 17.8. The molecule has 0 radical (unpaired) electrons. The van der Waals surface area contributed by atoms with Crippen molar-refractivity contribution in [2.75, 3.05) is 16.0 Å². The topological polar surface area (TPSA) is 88.0 Å². The van der Waals surface area contributed by atoms with Gasteiger partial charge in [-0.25, -0.2) is 4.68 Å². The van der Waals surface area contributed by atoms with Gasteiger partial charge in [-0.1, -0.05) is 59.6 Å². The first-order valence-electron chi connectivity index (χ1n) is 11.9. The summed E-state index contributed by atoms with van der Waals surface area (Å²) >= 11 is 6.16. The number of anilines is 3. The molecule has 1 aromatic heterocycles. The first-order valence-corrected chi connectivity index (χ1v) is 12.3. The molecule has 1 atom stereocenters. The lowest BCUT2D eigenvalue weighted by atomic mass is 9.94. The van der Waals surface area contributed by atoms with E-state index >= 15 is 0 Å². The highest BCUT2D eigenvalue weighted by molar-refractivity contribution is 6.30. The zero-order valence-electron chi connectivity index (χ0n) is 20.7. The molecule has 1 unspecified atom stereocenters. The van der Waals surface area contributed by atoms with E-state index < -0.39 is 6.04 Å². The number of para-hydroxylation sites is 1. The zero-order chi connectivity index (χ0) is 26.1. The van der Waals surface area contributed by atoms with Crippen molar-refractivity contribution >= 4 is 40.6 Å². The third-order valence-electron chi connectivity index (χ3n) is 6.36. The van der Waals surface area contributed by atoms with Crippen molar-refractivity contribution in [2.24, 2.45) is 0 Å². The molecule has 3 aromatic carbocycles. The second-order valence-electron chi connectivity index (χ2n) is 9.06. The number of aromatic nitrogens is 2. The number of allylic oxidation sites excluding steroid dienone is 1. The highest BCUT2D eigenvalue weighted by Gasteiger charge is 2.35. The van der Waals surface area contributed by atoms with Gasteiger partial charge in [0.05, 0.1) is 11.8 Å². The Kier molecular flexibility index (Phi) is 6.54. The number of nitrogens with zero attached hydrogens (tertiary/aromatic N) is 2. The van der Waals surface area contributed by atoms with Gasteiger partial charge < -0.3 is 16.0 Å². The van der Waals surface area contributed by atoms with Crippen LogP contribution in [0.15, 0.2) is 90.3 Å². The highest BCUT2D eigenvalue weighted by atomic mass is 35.5. The predicted octanol–water partition coefficient (Wildman–Crippen LogP) is 6.33. The monoisotopic (exact) mass is 511 g/mol. The van der Waals surface area contributed by atoms with Gasteiger partial charge in [-0.05, 0) is 62.2 Å². The number of aryl methyl sites for hydroxylation is 2.